The number of aromatic carboxylic acids is 1. The first kappa shape index (κ1) is 22.9. The van der Waals surface area contributed by atoms with E-state index >= 15 is 0 Å². The number of benzene rings is 2. The molecular formula is C21H18F4N2O5. The molecule has 2 aromatic carbocycles. The predicted molar refractivity (Wildman–Crippen MR) is 105 cm³/mol. The minimum absolute atomic E-state index is 0.0118. The van der Waals surface area contributed by atoms with E-state index in [1.54, 1.807) is 24.8 Å². The number of carboxylic acids is 1. The van der Waals surface area contributed by atoms with Crippen LogP contribution in [0.25, 0.3) is 0 Å². The molecule has 0 spiro atoms. The maximum atomic E-state index is 12.9. The van der Waals surface area contributed by atoms with E-state index in [0.717, 1.165) is 17.7 Å². The van der Waals surface area contributed by atoms with E-state index in [1.807, 2.05) is 0 Å². The first-order valence-corrected chi connectivity index (χ1v) is 9.22. The Bertz CT molecular complexity index is 1100. The van der Waals surface area contributed by atoms with Crippen molar-refractivity contribution in [1.82, 2.24) is 5.16 Å². The number of halogens is 4. The molecule has 0 fully saturated rings. The van der Waals surface area contributed by atoms with Gasteiger partial charge in [0.2, 0.25) is 0 Å². The Morgan fingerprint density at radius 2 is 1.69 bits per heavy atom. The number of rotatable bonds is 9. The van der Waals surface area contributed by atoms with E-state index in [2.05, 4.69) is 14.6 Å². The zero-order valence-electron chi connectivity index (χ0n) is 16.9. The number of hydrogen-bond acceptors (Lipinski definition) is 6. The van der Waals surface area contributed by atoms with Crippen molar-refractivity contribution >= 4 is 17.3 Å². The Balaban J connectivity index is 2.10. The van der Waals surface area contributed by atoms with Crippen molar-refractivity contribution in [2.45, 2.75) is 33.6 Å². The lowest BCUT2D eigenvalue weighted by Crippen LogP contribution is -2.18. The molecule has 0 saturated carbocycles. The van der Waals surface area contributed by atoms with Gasteiger partial charge in [-0.25, -0.2) is 4.79 Å². The van der Waals surface area contributed by atoms with Crippen molar-refractivity contribution in [3.05, 3.63) is 65.0 Å². The average molecular weight is 454 g/mol. The molecule has 0 aliphatic heterocycles. The standard InChI is InChI=1S/C21H18F4N2O5/c1-11-12(2)32-26-16(11)10-27(14-5-3-4-13(8-14)19(28)29)15-6-7-17(30-20(22)23)18(9-15)31-21(24)25/h3-9,20-21H,10H2,1-2H3,(H,28,29). The van der Waals surface area contributed by atoms with Crippen LogP contribution in [-0.4, -0.2) is 29.5 Å². The topological polar surface area (TPSA) is 85.0 Å². The molecule has 7 nitrogen and oxygen atoms in total. The largest absolute Gasteiger partial charge is 0.478 e. The Kier molecular flexibility index (Phi) is 6.86. The van der Waals surface area contributed by atoms with Crippen LogP contribution in [0.15, 0.2) is 47.0 Å². The molecule has 1 N–H and O–H groups in total. The molecule has 0 atom stereocenters. The summed E-state index contributed by atoms with van der Waals surface area (Å²) < 4.78 is 64.9. The molecule has 0 unspecified atom stereocenters. The fourth-order valence-electron chi connectivity index (χ4n) is 2.95. The molecule has 1 aromatic heterocycles. The number of aryl methyl sites for hydroxylation is 1. The quantitative estimate of drug-likeness (QED) is 0.426. The minimum atomic E-state index is -3.28. The number of anilines is 2. The molecule has 0 bridgehead atoms. The molecule has 0 aliphatic carbocycles. The van der Waals surface area contributed by atoms with Crippen LogP contribution in [0.3, 0.4) is 0 Å². The van der Waals surface area contributed by atoms with Crippen molar-refractivity contribution < 1.29 is 41.5 Å². The number of aromatic nitrogens is 1. The smallest absolute Gasteiger partial charge is 0.387 e. The van der Waals surface area contributed by atoms with Crippen molar-refractivity contribution in [3.8, 4) is 11.5 Å². The molecular weight excluding hydrogens is 436 g/mol. The van der Waals surface area contributed by atoms with Gasteiger partial charge in [0, 0.05) is 23.0 Å². The summed E-state index contributed by atoms with van der Waals surface area (Å²) in [7, 11) is 0. The molecule has 0 radical (unpaired) electrons. The van der Waals surface area contributed by atoms with E-state index in [4.69, 9.17) is 4.52 Å². The van der Waals surface area contributed by atoms with Gasteiger partial charge in [-0.2, -0.15) is 17.6 Å². The zero-order valence-corrected chi connectivity index (χ0v) is 16.9. The molecule has 3 rings (SSSR count). The lowest BCUT2D eigenvalue weighted by Gasteiger charge is -2.26. The number of hydrogen-bond donors (Lipinski definition) is 1. The van der Waals surface area contributed by atoms with Gasteiger partial charge < -0.3 is 24.0 Å². The third-order valence-corrected chi connectivity index (χ3v) is 4.64. The summed E-state index contributed by atoms with van der Waals surface area (Å²) in [6.45, 7) is -2.97. The highest BCUT2D eigenvalue weighted by atomic mass is 19.3. The SMILES string of the molecule is Cc1onc(CN(c2cccc(C(=O)O)c2)c2ccc(OC(F)F)c(OC(F)F)c2)c1C. The minimum Gasteiger partial charge on any atom is -0.478 e. The Morgan fingerprint density at radius 3 is 2.28 bits per heavy atom. The van der Waals surface area contributed by atoms with Crippen LogP contribution < -0.4 is 14.4 Å². The lowest BCUT2D eigenvalue weighted by atomic mass is 10.1. The van der Waals surface area contributed by atoms with Gasteiger partial charge in [-0.3, -0.25) is 0 Å². The van der Waals surface area contributed by atoms with Crippen molar-refractivity contribution in [1.29, 1.82) is 0 Å². The number of carbonyl (C=O) groups is 1. The number of carboxylic acid groups (broad SMARTS) is 1. The predicted octanol–water partition coefficient (Wildman–Crippen LogP) is 5.53. The normalized spacial score (nSPS) is 11.1. The van der Waals surface area contributed by atoms with Gasteiger partial charge in [0.05, 0.1) is 12.1 Å². The Morgan fingerprint density at radius 1 is 1.03 bits per heavy atom. The summed E-state index contributed by atoms with van der Waals surface area (Å²) in [5.74, 6) is -1.77. The van der Waals surface area contributed by atoms with Gasteiger partial charge >= 0.3 is 19.2 Å². The summed E-state index contributed by atoms with van der Waals surface area (Å²) in [4.78, 5) is 13.0. The molecule has 1 heterocycles. The molecule has 11 heteroatoms. The molecule has 0 saturated heterocycles. The van der Waals surface area contributed by atoms with Crippen molar-refractivity contribution in [2.24, 2.45) is 0 Å². The average Bonchev–Trinajstić information content (AvgIpc) is 3.04. The van der Waals surface area contributed by atoms with E-state index in [1.165, 1.54) is 24.3 Å². The first-order chi connectivity index (χ1) is 15.2. The van der Waals surface area contributed by atoms with Crippen LogP contribution in [0, 0.1) is 13.8 Å². The van der Waals surface area contributed by atoms with Gasteiger partial charge in [0.1, 0.15) is 11.5 Å². The van der Waals surface area contributed by atoms with Crippen molar-refractivity contribution in [2.75, 3.05) is 4.90 Å². The molecule has 3 aromatic rings. The highest BCUT2D eigenvalue weighted by Crippen LogP contribution is 2.37. The number of nitrogens with zero attached hydrogens (tertiary/aromatic N) is 2. The second kappa shape index (κ2) is 9.58. The van der Waals surface area contributed by atoms with Crippen molar-refractivity contribution in [3.63, 3.8) is 0 Å². The second-order valence-corrected chi connectivity index (χ2v) is 6.64. The molecule has 0 aliphatic rings. The first-order valence-electron chi connectivity index (χ1n) is 9.22. The molecule has 0 amide bonds. The highest BCUT2D eigenvalue weighted by molar-refractivity contribution is 5.89. The summed E-state index contributed by atoms with van der Waals surface area (Å²) in [6, 6.07) is 9.39. The van der Waals surface area contributed by atoms with E-state index in [9.17, 15) is 27.5 Å². The van der Waals surface area contributed by atoms with Gasteiger partial charge in [-0.05, 0) is 44.2 Å². The van der Waals surface area contributed by atoms with Gasteiger partial charge in [0.15, 0.2) is 11.5 Å². The maximum absolute atomic E-state index is 12.9. The summed E-state index contributed by atoms with van der Waals surface area (Å²) in [6.07, 6.45) is 0. The Labute approximate surface area is 179 Å². The third-order valence-electron chi connectivity index (χ3n) is 4.64. The van der Waals surface area contributed by atoms with Crippen LogP contribution in [0.2, 0.25) is 0 Å². The zero-order chi connectivity index (χ0) is 23.4. The third kappa shape index (κ3) is 5.29. The highest BCUT2D eigenvalue weighted by Gasteiger charge is 2.21. The maximum Gasteiger partial charge on any atom is 0.387 e. The molecule has 32 heavy (non-hydrogen) atoms. The molecule has 170 valence electrons. The van der Waals surface area contributed by atoms with E-state index in [-0.39, 0.29) is 17.8 Å². The Hall–Kier alpha value is -3.76. The lowest BCUT2D eigenvalue weighted by molar-refractivity contribution is -0.0692. The summed E-state index contributed by atoms with van der Waals surface area (Å²) in [5, 5.41) is 13.3. The van der Waals surface area contributed by atoms with E-state index < -0.39 is 30.7 Å². The monoisotopic (exact) mass is 454 g/mol. The van der Waals surface area contributed by atoms with Gasteiger partial charge in [-0.15, -0.1) is 0 Å². The summed E-state index contributed by atoms with van der Waals surface area (Å²) in [5.41, 5.74) is 1.86. The fourth-order valence-corrected chi connectivity index (χ4v) is 2.95. The summed E-state index contributed by atoms with van der Waals surface area (Å²) >= 11 is 0. The van der Waals surface area contributed by atoms with Crippen LogP contribution in [0.5, 0.6) is 11.5 Å². The van der Waals surface area contributed by atoms with Crippen LogP contribution in [-0.2, 0) is 6.54 Å². The number of alkyl halides is 4. The van der Waals surface area contributed by atoms with Gasteiger partial charge in [-0.1, -0.05) is 11.2 Å². The second-order valence-electron chi connectivity index (χ2n) is 6.64. The van der Waals surface area contributed by atoms with E-state index in [0.29, 0.717) is 17.1 Å². The number of ether oxygens (including phenoxy) is 2. The van der Waals surface area contributed by atoms with Crippen LogP contribution >= 0.6 is 0 Å². The van der Waals surface area contributed by atoms with Gasteiger partial charge in [0.25, 0.3) is 0 Å². The fraction of sp³-hybridized carbons (Fsp3) is 0.238. The van der Waals surface area contributed by atoms with Crippen LogP contribution in [0.4, 0.5) is 28.9 Å². The van der Waals surface area contributed by atoms with Crippen LogP contribution in [0.1, 0.15) is 27.4 Å².